The third-order valence-corrected chi connectivity index (χ3v) is 7.01. The van der Waals surface area contributed by atoms with Crippen molar-refractivity contribution in [3.05, 3.63) is 71.8 Å². The average molecular weight is 448 g/mol. The molecule has 0 bridgehead atoms. The van der Waals surface area contributed by atoms with Crippen LogP contribution in [0, 0.1) is 11.8 Å². The van der Waals surface area contributed by atoms with Crippen LogP contribution in [-0.2, 0) is 9.59 Å². The van der Waals surface area contributed by atoms with E-state index in [4.69, 9.17) is 0 Å². The van der Waals surface area contributed by atoms with E-state index in [9.17, 15) is 9.59 Å². The summed E-state index contributed by atoms with van der Waals surface area (Å²) in [5.41, 5.74) is 2.55. The van der Waals surface area contributed by atoms with Crippen molar-refractivity contribution < 1.29 is 9.59 Å². The van der Waals surface area contributed by atoms with E-state index in [1.165, 1.54) is 11.1 Å². The molecule has 2 amide bonds. The van der Waals surface area contributed by atoms with Gasteiger partial charge in [0, 0.05) is 38.3 Å². The van der Waals surface area contributed by atoms with Crippen molar-refractivity contribution in [2.75, 3.05) is 26.2 Å². The molecule has 0 aromatic heterocycles. The lowest BCUT2D eigenvalue weighted by Gasteiger charge is -2.40. The molecular formula is C28H37N3O2. The van der Waals surface area contributed by atoms with E-state index in [0.717, 1.165) is 13.1 Å². The zero-order chi connectivity index (χ0) is 23.5. The third-order valence-electron chi connectivity index (χ3n) is 7.01. The summed E-state index contributed by atoms with van der Waals surface area (Å²) in [5, 5.41) is 0. The first-order chi connectivity index (χ1) is 15.9. The van der Waals surface area contributed by atoms with Gasteiger partial charge in [0.1, 0.15) is 0 Å². The molecule has 1 aliphatic carbocycles. The summed E-state index contributed by atoms with van der Waals surface area (Å²) < 4.78 is 0. The van der Waals surface area contributed by atoms with E-state index >= 15 is 0 Å². The minimum Gasteiger partial charge on any atom is -0.340 e. The Kier molecular flexibility index (Phi) is 7.18. The molecule has 2 fully saturated rings. The number of piperazine rings is 1. The fourth-order valence-electron chi connectivity index (χ4n) is 5.36. The van der Waals surface area contributed by atoms with Gasteiger partial charge in [0.05, 0.1) is 17.9 Å². The molecule has 33 heavy (non-hydrogen) atoms. The Morgan fingerprint density at radius 1 is 0.758 bits per heavy atom. The quantitative estimate of drug-likeness (QED) is 0.639. The van der Waals surface area contributed by atoms with Crippen LogP contribution in [0.4, 0.5) is 0 Å². The highest BCUT2D eigenvalue weighted by molar-refractivity contribution is 5.92. The second-order valence-electron chi connectivity index (χ2n) is 9.97. The molecule has 0 unspecified atom stereocenters. The lowest BCUT2D eigenvalue weighted by atomic mass is 9.96. The number of hydrogen-bond donors (Lipinski definition) is 0. The van der Waals surface area contributed by atoms with Gasteiger partial charge in [0.25, 0.3) is 0 Å². The van der Waals surface area contributed by atoms with Crippen molar-refractivity contribution in [3.8, 4) is 0 Å². The summed E-state index contributed by atoms with van der Waals surface area (Å²) in [7, 11) is 0. The van der Waals surface area contributed by atoms with Crippen LogP contribution >= 0.6 is 0 Å². The summed E-state index contributed by atoms with van der Waals surface area (Å²) in [5.74, 6) is 0.0337. The predicted octanol–water partition coefficient (Wildman–Crippen LogP) is 4.20. The van der Waals surface area contributed by atoms with Crippen molar-refractivity contribution in [1.82, 2.24) is 14.7 Å². The van der Waals surface area contributed by atoms with E-state index < -0.39 is 0 Å². The molecule has 1 saturated heterocycles. The Balaban J connectivity index is 1.39. The van der Waals surface area contributed by atoms with Crippen molar-refractivity contribution in [2.24, 2.45) is 11.8 Å². The first-order valence-electron chi connectivity index (χ1n) is 12.3. The molecule has 0 radical (unpaired) electrons. The van der Waals surface area contributed by atoms with Crippen LogP contribution < -0.4 is 0 Å². The molecule has 2 atom stereocenters. The maximum Gasteiger partial charge on any atom is 0.226 e. The van der Waals surface area contributed by atoms with Gasteiger partial charge in [-0.25, -0.2) is 0 Å². The topological polar surface area (TPSA) is 43.9 Å². The first-order valence-corrected chi connectivity index (χ1v) is 12.3. The Morgan fingerprint density at radius 2 is 1.24 bits per heavy atom. The highest BCUT2D eigenvalue weighted by Crippen LogP contribution is 2.42. The number of amides is 2. The van der Waals surface area contributed by atoms with E-state index in [2.05, 4.69) is 65.6 Å². The highest BCUT2D eigenvalue weighted by atomic mass is 16.2. The Bertz CT molecular complexity index is 889. The van der Waals surface area contributed by atoms with Crippen LogP contribution in [-0.4, -0.2) is 64.8 Å². The normalized spacial score (nSPS) is 21.0. The van der Waals surface area contributed by atoms with Gasteiger partial charge >= 0.3 is 0 Å². The maximum atomic E-state index is 13.2. The second kappa shape index (κ2) is 10.1. The molecule has 2 aromatic rings. The van der Waals surface area contributed by atoms with Crippen molar-refractivity contribution in [3.63, 3.8) is 0 Å². The minimum atomic E-state index is -0.137. The lowest BCUT2D eigenvalue weighted by molar-refractivity contribution is -0.141. The van der Waals surface area contributed by atoms with Crippen molar-refractivity contribution in [1.29, 1.82) is 0 Å². The van der Waals surface area contributed by atoms with E-state index in [0.29, 0.717) is 19.5 Å². The van der Waals surface area contributed by atoms with Crippen LogP contribution in [0.3, 0.4) is 0 Å². The van der Waals surface area contributed by atoms with Gasteiger partial charge in [-0.3, -0.25) is 14.5 Å². The summed E-state index contributed by atoms with van der Waals surface area (Å²) in [6.45, 7) is 11.3. The highest BCUT2D eigenvalue weighted by Gasteiger charge is 2.51. The molecule has 1 saturated carbocycles. The molecular weight excluding hydrogens is 410 g/mol. The van der Waals surface area contributed by atoms with Gasteiger partial charge in [0.2, 0.25) is 11.8 Å². The summed E-state index contributed by atoms with van der Waals surface area (Å²) in [6.07, 6.45) is 0.699. The molecule has 4 rings (SSSR count). The van der Waals surface area contributed by atoms with Crippen LogP contribution in [0.2, 0.25) is 0 Å². The lowest BCUT2D eigenvalue weighted by Crippen LogP contribution is -2.50. The number of carbonyl (C=O) groups excluding carboxylic acids is 2. The van der Waals surface area contributed by atoms with Gasteiger partial charge < -0.3 is 9.80 Å². The first kappa shape index (κ1) is 23.5. The molecule has 0 N–H and O–H groups in total. The number of carbonyl (C=O) groups is 2. The van der Waals surface area contributed by atoms with Gasteiger partial charge in [-0.2, -0.15) is 0 Å². The number of rotatable bonds is 7. The van der Waals surface area contributed by atoms with Crippen LogP contribution in [0.5, 0.6) is 0 Å². The molecule has 5 heteroatoms. The third kappa shape index (κ3) is 5.14. The Morgan fingerprint density at radius 3 is 1.70 bits per heavy atom. The summed E-state index contributed by atoms with van der Waals surface area (Å²) >= 11 is 0. The zero-order valence-electron chi connectivity index (χ0n) is 20.4. The smallest absolute Gasteiger partial charge is 0.226 e. The second-order valence-corrected chi connectivity index (χ2v) is 9.97. The standard InChI is InChI=1S/C28H37N3O2/c1-20(2)31(21(3)4)28(33)25-19-24(25)27(32)30-17-15-29(16-18-30)26(22-11-7-5-8-12-22)23-13-9-6-10-14-23/h5-14,20-21,24-26H,15-19H2,1-4H3/t24-,25-/m0/s1. The van der Waals surface area contributed by atoms with Gasteiger partial charge in [-0.15, -0.1) is 0 Å². The largest absolute Gasteiger partial charge is 0.340 e. The van der Waals surface area contributed by atoms with E-state index in [1.54, 1.807) is 0 Å². The number of hydrogen-bond acceptors (Lipinski definition) is 3. The Hall–Kier alpha value is -2.66. The molecule has 1 aliphatic heterocycles. The zero-order valence-corrected chi connectivity index (χ0v) is 20.4. The van der Waals surface area contributed by atoms with Gasteiger partial charge in [0.15, 0.2) is 0 Å². The predicted molar refractivity (Wildman–Crippen MR) is 132 cm³/mol. The van der Waals surface area contributed by atoms with Crippen LogP contribution in [0.1, 0.15) is 51.3 Å². The maximum absolute atomic E-state index is 13.2. The van der Waals surface area contributed by atoms with Crippen molar-refractivity contribution in [2.45, 2.75) is 52.2 Å². The molecule has 0 spiro atoms. The monoisotopic (exact) mass is 447 g/mol. The van der Waals surface area contributed by atoms with Gasteiger partial charge in [-0.05, 0) is 45.2 Å². The molecule has 2 aromatic carbocycles. The number of nitrogens with zero attached hydrogens (tertiary/aromatic N) is 3. The Labute approximate surface area is 198 Å². The SMILES string of the molecule is CC(C)N(C(=O)[C@H]1C[C@@H]1C(=O)N1CCN(C(c2ccccc2)c2ccccc2)CC1)C(C)C. The molecule has 2 aliphatic rings. The van der Waals surface area contributed by atoms with E-state index in [-0.39, 0.29) is 41.8 Å². The minimum absolute atomic E-state index is 0.136. The van der Waals surface area contributed by atoms with Crippen molar-refractivity contribution >= 4 is 11.8 Å². The van der Waals surface area contributed by atoms with Gasteiger partial charge in [-0.1, -0.05) is 60.7 Å². The summed E-state index contributed by atoms with van der Waals surface area (Å²) in [6, 6.07) is 21.7. The summed E-state index contributed by atoms with van der Waals surface area (Å²) in [4.78, 5) is 32.6. The molecule has 1 heterocycles. The van der Waals surface area contributed by atoms with Crippen LogP contribution in [0.25, 0.3) is 0 Å². The van der Waals surface area contributed by atoms with E-state index in [1.807, 2.05) is 37.5 Å². The molecule has 5 nitrogen and oxygen atoms in total. The van der Waals surface area contributed by atoms with Crippen LogP contribution in [0.15, 0.2) is 60.7 Å². The fraction of sp³-hybridized carbons (Fsp3) is 0.500. The average Bonchev–Trinajstić information content (AvgIpc) is 3.61. The number of benzene rings is 2. The fourth-order valence-corrected chi connectivity index (χ4v) is 5.36. The molecule has 176 valence electrons.